The zero-order chi connectivity index (χ0) is 20.8. The SMILES string of the molecule is COc1ccc(-c2nnc(SCCCc3cn[nH]c3)n2C2CCCCC2)cc1OC. The second kappa shape index (κ2) is 10.0. The largest absolute Gasteiger partial charge is 0.493 e. The molecular formula is C22H29N5O2S. The summed E-state index contributed by atoms with van der Waals surface area (Å²) in [6, 6.07) is 6.42. The molecule has 0 amide bonds. The van der Waals surface area contributed by atoms with Crippen LogP contribution in [0.15, 0.2) is 35.7 Å². The van der Waals surface area contributed by atoms with E-state index in [-0.39, 0.29) is 0 Å². The van der Waals surface area contributed by atoms with E-state index >= 15 is 0 Å². The zero-order valence-electron chi connectivity index (χ0n) is 17.6. The molecule has 1 aliphatic rings. The quantitative estimate of drug-likeness (QED) is 0.386. The van der Waals surface area contributed by atoms with Crippen LogP contribution >= 0.6 is 11.8 Å². The van der Waals surface area contributed by atoms with Crippen LogP contribution in [0.2, 0.25) is 0 Å². The molecule has 0 unspecified atom stereocenters. The number of benzene rings is 1. The van der Waals surface area contributed by atoms with E-state index in [1.165, 1.54) is 37.7 Å². The maximum Gasteiger partial charge on any atom is 0.191 e. The Morgan fingerprint density at radius 2 is 1.93 bits per heavy atom. The Kier molecular flexibility index (Phi) is 6.94. The molecule has 30 heavy (non-hydrogen) atoms. The highest BCUT2D eigenvalue weighted by molar-refractivity contribution is 7.99. The summed E-state index contributed by atoms with van der Waals surface area (Å²) in [7, 11) is 3.31. The minimum absolute atomic E-state index is 0.452. The van der Waals surface area contributed by atoms with E-state index in [0.717, 1.165) is 40.9 Å². The summed E-state index contributed by atoms with van der Waals surface area (Å²) in [4.78, 5) is 0. The molecule has 2 heterocycles. The van der Waals surface area contributed by atoms with Gasteiger partial charge in [-0.3, -0.25) is 9.67 Å². The molecule has 0 aliphatic heterocycles. The second-order valence-electron chi connectivity index (χ2n) is 7.60. The Morgan fingerprint density at radius 1 is 1.10 bits per heavy atom. The van der Waals surface area contributed by atoms with E-state index in [2.05, 4.69) is 25.0 Å². The molecule has 0 bridgehead atoms. The van der Waals surface area contributed by atoms with Gasteiger partial charge < -0.3 is 9.47 Å². The first-order valence-electron chi connectivity index (χ1n) is 10.6. The summed E-state index contributed by atoms with van der Waals surface area (Å²) < 4.78 is 13.3. The number of thioether (sulfide) groups is 1. The second-order valence-corrected chi connectivity index (χ2v) is 8.66. The standard InChI is InChI=1S/C22H29N5O2S/c1-28-19-11-10-17(13-20(19)29-2)21-25-26-22(27(21)18-8-4-3-5-9-18)30-12-6-7-16-14-23-24-15-16/h10-11,13-15,18H,3-9,12H2,1-2H3,(H,23,24). The number of nitrogens with zero attached hydrogens (tertiary/aromatic N) is 4. The van der Waals surface area contributed by atoms with Crippen LogP contribution in [0.5, 0.6) is 11.5 Å². The predicted octanol–water partition coefficient (Wildman–Crippen LogP) is 4.92. The summed E-state index contributed by atoms with van der Waals surface area (Å²) in [5, 5.41) is 17.1. The lowest BCUT2D eigenvalue weighted by atomic mass is 9.95. The van der Waals surface area contributed by atoms with Crippen molar-refractivity contribution in [1.82, 2.24) is 25.0 Å². The van der Waals surface area contributed by atoms with Gasteiger partial charge in [0, 0.05) is 23.6 Å². The molecule has 7 nitrogen and oxygen atoms in total. The topological polar surface area (TPSA) is 77.9 Å². The molecule has 0 saturated heterocycles. The van der Waals surface area contributed by atoms with Crippen molar-refractivity contribution in [3.05, 3.63) is 36.2 Å². The lowest BCUT2D eigenvalue weighted by Gasteiger charge is -2.25. The van der Waals surface area contributed by atoms with Gasteiger partial charge in [0.05, 0.1) is 20.4 Å². The molecule has 8 heteroatoms. The summed E-state index contributed by atoms with van der Waals surface area (Å²) in [5.41, 5.74) is 2.26. The fourth-order valence-electron chi connectivity index (χ4n) is 4.07. The first kappa shape index (κ1) is 20.8. The van der Waals surface area contributed by atoms with Gasteiger partial charge in [0.1, 0.15) is 0 Å². The molecule has 1 aliphatic carbocycles. The number of aromatic nitrogens is 5. The highest BCUT2D eigenvalue weighted by Crippen LogP contribution is 2.38. The monoisotopic (exact) mass is 427 g/mol. The van der Waals surface area contributed by atoms with E-state index in [1.54, 1.807) is 26.0 Å². The number of H-pyrrole nitrogens is 1. The molecular weight excluding hydrogens is 398 g/mol. The average Bonchev–Trinajstić information content (AvgIpc) is 3.47. The Hall–Kier alpha value is -2.48. The van der Waals surface area contributed by atoms with E-state index in [0.29, 0.717) is 11.8 Å². The van der Waals surface area contributed by atoms with Gasteiger partial charge in [-0.2, -0.15) is 5.10 Å². The van der Waals surface area contributed by atoms with Crippen LogP contribution in [0.25, 0.3) is 11.4 Å². The maximum absolute atomic E-state index is 5.51. The van der Waals surface area contributed by atoms with Crippen molar-refractivity contribution in [3.63, 3.8) is 0 Å². The highest BCUT2D eigenvalue weighted by atomic mass is 32.2. The number of rotatable bonds is 9. The van der Waals surface area contributed by atoms with Gasteiger partial charge >= 0.3 is 0 Å². The summed E-state index contributed by atoms with van der Waals surface area (Å²) in [5.74, 6) is 3.35. The molecule has 1 saturated carbocycles. The van der Waals surface area contributed by atoms with Gasteiger partial charge in [0.2, 0.25) is 0 Å². The van der Waals surface area contributed by atoms with Crippen LogP contribution in [0.1, 0.15) is 50.1 Å². The Balaban J connectivity index is 1.57. The molecule has 160 valence electrons. The van der Waals surface area contributed by atoms with Gasteiger partial charge in [-0.25, -0.2) is 0 Å². The Labute approximate surface area is 181 Å². The minimum Gasteiger partial charge on any atom is -0.493 e. The van der Waals surface area contributed by atoms with E-state index in [4.69, 9.17) is 9.47 Å². The van der Waals surface area contributed by atoms with E-state index < -0.39 is 0 Å². The van der Waals surface area contributed by atoms with Crippen LogP contribution in [-0.4, -0.2) is 44.9 Å². The third kappa shape index (κ3) is 4.64. The van der Waals surface area contributed by atoms with Gasteiger partial charge in [0.15, 0.2) is 22.5 Å². The Bertz CT molecular complexity index is 935. The van der Waals surface area contributed by atoms with Crippen molar-refractivity contribution in [3.8, 4) is 22.9 Å². The van der Waals surface area contributed by atoms with Gasteiger partial charge in [-0.05, 0) is 49.4 Å². The summed E-state index contributed by atoms with van der Waals surface area (Å²) >= 11 is 1.80. The van der Waals surface area contributed by atoms with Crippen LogP contribution < -0.4 is 9.47 Å². The number of methoxy groups -OCH3 is 2. The third-order valence-corrected chi connectivity index (χ3v) is 6.67. The molecule has 0 atom stereocenters. The zero-order valence-corrected chi connectivity index (χ0v) is 18.5. The van der Waals surface area contributed by atoms with E-state index in [9.17, 15) is 0 Å². The van der Waals surface area contributed by atoms with Crippen molar-refractivity contribution in [2.24, 2.45) is 0 Å². The predicted molar refractivity (Wildman–Crippen MR) is 118 cm³/mol. The normalized spacial score (nSPS) is 14.7. The molecule has 1 N–H and O–H groups in total. The smallest absolute Gasteiger partial charge is 0.191 e. The molecule has 4 rings (SSSR count). The van der Waals surface area contributed by atoms with E-state index in [1.807, 2.05) is 30.6 Å². The van der Waals surface area contributed by atoms with Crippen LogP contribution in [-0.2, 0) is 6.42 Å². The average molecular weight is 428 g/mol. The van der Waals surface area contributed by atoms with Gasteiger partial charge in [0.25, 0.3) is 0 Å². The number of aryl methyl sites for hydroxylation is 1. The fraction of sp³-hybridized carbons (Fsp3) is 0.500. The number of nitrogens with one attached hydrogen (secondary N) is 1. The maximum atomic E-state index is 5.51. The van der Waals surface area contributed by atoms with Crippen molar-refractivity contribution in [1.29, 1.82) is 0 Å². The van der Waals surface area contributed by atoms with Gasteiger partial charge in [-0.15, -0.1) is 10.2 Å². The lowest BCUT2D eigenvalue weighted by molar-refractivity contribution is 0.339. The fourth-order valence-corrected chi connectivity index (χ4v) is 5.01. The summed E-state index contributed by atoms with van der Waals surface area (Å²) in [6.45, 7) is 0. The molecule has 0 spiro atoms. The van der Waals surface area contributed by atoms with Crippen molar-refractivity contribution < 1.29 is 9.47 Å². The molecule has 3 aromatic rings. The first-order chi connectivity index (χ1) is 14.8. The van der Waals surface area contributed by atoms with Crippen molar-refractivity contribution in [2.45, 2.75) is 56.1 Å². The number of aromatic amines is 1. The molecule has 0 radical (unpaired) electrons. The highest BCUT2D eigenvalue weighted by Gasteiger charge is 2.24. The number of ether oxygens (including phenoxy) is 2. The molecule has 2 aromatic heterocycles. The first-order valence-corrected chi connectivity index (χ1v) is 11.6. The number of hydrogen-bond acceptors (Lipinski definition) is 6. The Morgan fingerprint density at radius 3 is 2.67 bits per heavy atom. The van der Waals surface area contributed by atoms with Gasteiger partial charge in [-0.1, -0.05) is 31.0 Å². The van der Waals surface area contributed by atoms with Crippen LogP contribution in [0, 0.1) is 0 Å². The third-order valence-electron chi connectivity index (χ3n) is 5.64. The van der Waals surface area contributed by atoms with Crippen LogP contribution in [0.3, 0.4) is 0 Å². The lowest BCUT2D eigenvalue weighted by Crippen LogP contribution is -2.15. The summed E-state index contributed by atoms with van der Waals surface area (Å²) in [6.07, 6.45) is 12.2. The number of hydrogen-bond donors (Lipinski definition) is 1. The van der Waals surface area contributed by atoms with Crippen LogP contribution in [0.4, 0.5) is 0 Å². The molecule has 1 fully saturated rings. The van der Waals surface area contributed by atoms with Crippen molar-refractivity contribution >= 4 is 11.8 Å². The molecule has 1 aromatic carbocycles. The van der Waals surface area contributed by atoms with Crippen molar-refractivity contribution in [2.75, 3.05) is 20.0 Å². The minimum atomic E-state index is 0.452.